The van der Waals surface area contributed by atoms with Crippen molar-refractivity contribution in [1.82, 2.24) is 14.7 Å². The van der Waals surface area contributed by atoms with E-state index in [9.17, 15) is 14.4 Å². The summed E-state index contributed by atoms with van der Waals surface area (Å²) in [6.45, 7) is -0.145. The molecule has 27 heavy (non-hydrogen) atoms. The zero-order valence-electron chi connectivity index (χ0n) is 15.6. The zero-order valence-corrected chi connectivity index (χ0v) is 15.6. The quantitative estimate of drug-likeness (QED) is 0.589. The first-order valence-electron chi connectivity index (χ1n) is 9.28. The molecule has 1 aliphatic heterocycles. The Bertz CT molecular complexity index is 765. The Balaban J connectivity index is 1.74. The van der Waals surface area contributed by atoms with Gasteiger partial charge in [-0.1, -0.05) is 49.6 Å². The SMILES string of the molecule is CN1C(=O)N(CC(=O)N(CC#N)Cc2ccccc2)C(=O)C12CCCCC2. The van der Waals surface area contributed by atoms with E-state index in [1.807, 2.05) is 36.4 Å². The second kappa shape index (κ2) is 7.78. The highest BCUT2D eigenvalue weighted by atomic mass is 16.2. The van der Waals surface area contributed by atoms with Crippen molar-refractivity contribution in [2.45, 2.75) is 44.2 Å². The second-order valence-corrected chi connectivity index (χ2v) is 7.22. The molecule has 7 nitrogen and oxygen atoms in total. The number of likely N-dealkylation sites (N-methyl/N-ethyl adjacent to an activating group) is 1. The number of nitrogens with zero attached hydrogens (tertiary/aromatic N) is 4. The number of urea groups is 1. The van der Waals surface area contributed by atoms with Crippen LogP contribution in [-0.2, 0) is 16.1 Å². The van der Waals surface area contributed by atoms with Crippen LogP contribution in [0.25, 0.3) is 0 Å². The van der Waals surface area contributed by atoms with Crippen molar-refractivity contribution in [2.75, 3.05) is 20.1 Å². The van der Waals surface area contributed by atoms with Crippen molar-refractivity contribution >= 4 is 17.8 Å². The Morgan fingerprint density at radius 3 is 2.48 bits per heavy atom. The lowest BCUT2D eigenvalue weighted by Crippen LogP contribution is -2.49. The van der Waals surface area contributed by atoms with E-state index in [1.54, 1.807) is 7.05 Å². The summed E-state index contributed by atoms with van der Waals surface area (Å²) in [4.78, 5) is 42.4. The van der Waals surface area contributed by atoms with Gasteiger partial charge >= 0.3 is 6.03 Å². The summed E-state index contributed by atoms with van der Waals surface area (Å²) < 4.78 is 0. The molecule has 2 fully saturated rings. The first kappa shape index (κ1) is 18.9. The number of hydrogen-bond acceptors (Lipinski definition) is 4. The zero-order chi connectivity index (χ0) is 19.4. The van der Waals surface area contributed by atoms with Gasteiger partial charge in [0, 0.05) is 13.6 Å². The van der Waals surface area contributed by atoms with Crippen LogP contribution in [0, 0.1) is 11.3 Å². The summed E-state index contributed by atoms with van der Waals surface area (Å²) in [5, 5.41) is 9.07. The lowest BCUT2D eigenvalue weighted by atomic mass is 9.81. The molecule has 2 aliphatic rings. The molecule has 1 saturated carbocycles. The molecule has 1 aromatic carbocycles. The molecule has 1 aromatic rings. The number of carbonyl (C=O) groups excluding carboxylic acids is 3. The van der Waals surface area contributed by atoms with Gasteiger partial charge in [0.25, 0.3) is 5.91 Å². The van der Waals surface area contributed by atoms with Gasteiger partial charge in [-0.25, -0.2) is 4.79 Å². The number of benzene rings is 1. The van der Waals surface area contributed by atoms with E-state index in [0.29, 0.717) is 12.8 Å². The van der Waals surface area contributed by atoms with E-state index >= 15 is 0 Å². The molecule has 0 aromatic heterocycles. The highest BCUT2D eigenvalue weighted by Crippen LogP contribution is 2.39. The lowest BCUT2D eigenvalue weighted by molar-refractivity contribution is -0.140. The summed E-state index contributed by atoms with van der Waals surface area (Å²) in [5.41, 5.74) is 0.0933. The predicted molar refractivity (Wildman–Crippen MR) is 98.2 cm³/mol. The van der Waals surface area contributed by atoms with Gasteiger partial charge in [0.1, 0.15) is 18.6 Å². The highest BCUT2D eigenvalue weighted by molar-refractivity contribution is 6.08. The maximum Gasteiger partial charge on any atom is 0.327 e. The molecule has 1 heterocycles. The molecule has 7 heteroatoms. The maximum atomic E-state index is 13.0. The molecule has 1 saturated heterocycles. The predicted octanol–water partition coefficient (Wildman–Crippen LogP) is 2.14. The number of amides is 4. The van der Waals surface area contributed by atoms with Gasteiger partial charge in [-0.3, -0.25) is 14.5 Å². The van der Waals surface area contributed by atoms with E-state index in [2.05, 4.69) is 0 Å². The molecule has 4 amide bonds. The second-order valence-electron chi connectivity index (χ2n) is 7.22. The van der Waals surface area contributed by atoms with E-state index in [4.69, 9.17) is 5.26 Å². The van der Waals surface area contributed by atoms with E-state index < -0.39 is 17.5 Å². The summed E-state index contributed by atoms with van der Waals surface area (Å²) in [5.74, 6) is -0.678. The van der Waals surface area contributed by atoms with Crippen LogP contribution in [0.2, 0.25) is 0 Å². The lowest BCUT2D eigenvalue weighted by Gasteiger charge is -2.35. The monoisotopic (exact) mass is 368 g/mol. The Hall–Kier alpha value is -2.88. The number of hydrogen-bond donors (Lipinski definition) is 0. The minimum absolute atomic E-state index is 0.0923. The third-order valence-electron chi connectivity index (χ3n) is 5.61. The van der Waals surface area contributed by atoms with Crippen LogP contribution in [0.4, 0.5) is 4.79 Å². The molecule has 142 valence electrons. The molecule has 0 radical (unpaired) electrons. The average Bonchev–Trinajstić information content (AvgIpc) is 2.85. The van der Waals surface area contributed by atoms with E-state index in [1.165, 1.54) is 9.80 Å². The molecule has 0 bridgehead atoms. The first-order valence-corrected chi connectivity index (χ1v) is 9.28. The van der Waals surface area contributed by atoms with Crippen molar-refractivity contribution in [3.05, 3.63) is 35.9 Å². The van der Waals surface area contributed by atoms with Gasteiger partial charge in [-0.05, 0) is 18.4 Å². The fourth-order valence-electron chi connectivity index (χ4n) is 4.03. The van der Waals surface area contributed by atoms with Gasteiger partial charge < -0.3 is 9.80 Å². The van der Waals surface area contributed by atoms with Crippen molar-refractivity contribution in [3.8, 4) is 6.07 Å². The third kappa shape index (κ3) is 3.52. The Morgan fingerprint density at radius 1 is 1.19 bits per heavy atom. The summed E-state index contributed by atoms with van der Waals surface area (Å²) in [7, 11) is 1.65. The van der Waals surface area contributed by atoms with Crippen LogP contribution in [0.5, 0.6) is 0 Å². The average molecular weight is 368 g/mol. The standard InChI is InChI=1S/C20H24N4O3/c1-22-19(27)24(18(26)20(22)10-6-3-7-11-20)15-17(25)23(13-12-21)14-16-8-4-2-5-9-16/h2,4-5,8-9H,3,6-7,10-11,13-15H2,1H3. The number of carbonyl (C=O) groups is 3. The highest BCUT2D eigenvalue weighted by Gasteiger charge is 2.55. The topological polar surface area (TPSA) is 84.7 Å². The van der Waals surface area contributed by atoms with E-state index in [0.717, 1.165) is 29.7 Å². The van der Waals surface area contributed by atoms with Crippen molar-refractivity contribution < 1.29 is 14.4 Å². The fraction of sp³-hybridized carbons (Fsp3) is 0.500. The third-order valence-corrected chi connectivity index (χ3v) is 5.61. The fourth-order valence-corrected chi connectivity index (χ4v) is 4.03. The first-order chi connectivity index (χ1) is 13.0. The molecule has 0 atom stereocenters. The van der Waals surface area contributed by atoms with Gasteiger partial charge in [0.15, 0.2) is 0 Å². The van der Waals surface area contributed by atoms with Crippen LogP contribution >= 0.6 is 0 Å². The molecule has 1 spiro atoms. The Kier molecular flexibility index (Phi) is 5.45. The van der Waals surface area contributed by atoms with Crippen LogP contribution in [0.1, 0.15) is 37.7 Å². The largest absolute Gasteiger partial charge is 0.327 e. The molecular weight excluding hydrogens is 344 g/mol. The van der Waals surface area contributed by atoms with Gasteiger partial charge in [-0.15, -0.1) is 0 Å². The minimum atomic E-state index is -0.797. The van der Waals surface area contributed by atoms with Crippen molar-refractivity contribution in [3.63, 3.8) is 0 Å². The summed E-state index contributed by atoms with van der Waals surface area (Å²) >= 11 is 0. The van der Waals surface area contributed by atoms with Gasteiger partial charge in [-0.2, -0.15) is 5.26 Å². The Labute approximate surface area is 159 Å². The smallest absolute Gasteiger partial charge is 0.323 e. The summed E-state index contributed by atoms with van der Waals surface area (Å²) in [6.07, 6.45) is 4.15. The molecule has 0 unspecified atom stereocenters. The number of imide groups is 1. The maximum absolute atomic E-state index is 13.0. The molecule has 1 aliphatic carbocycles. The molecule has 0 N–H and O–H groups in total. The number of rotatable bonds is 5. The minimum Gasteiger partial charge on any atom is -0.323 e. The Morgan fingerprint density at radius 2 is 1.85 bits per heavy atom. The molecular formula is C20H24N4O3. The van der Waals surface area contributed by atoms with Crippen LogP contribution in [0.15, 0.2) is 30.3 Å². The van der Waals surface area contributed by atoms with Crippen LogP contribution in [-0.4, -0.2) is 58.2 Å². The normalized spacial score (nSPS) is 18.7. The van der Waals surface area contributed by atoms with Crippen LogP contribution < -0.4 is 0 Å². The van der Waals surface area contributed by atoms with Gasteiger partial charge in [0.05, 0.1) is 6.07 Å². The summed E-state index contributed by atoms with van der Waals surface area (Å²) in [6, 6.07) is 10.9. The van der Waals surface area contributed by atoms with E-state index in [-0.39, 0.29) is 25.5 Å². The van der Waals surface area contributed by atoms with Gasteiger partial charge in [0.2, 0.25) is 5.91 Å². The van der Waals surface area contributed by atoms with Crippen LogP contribution in [0.3, 0.4) is 0 Å². The van der Waals surface area contributed by atoms with Crippen molar-refractivity contribution in [1.29, 1.82) is 5.26 Å². The molecule has 3 rings (SSSR count). The number of nitriles is 1. The van der Waals surface area contributed by atoms with Crippen molar-refractivity contribution in [2.24, 2.45) is 0 Å².